The Labute approximate surface area is 69.1 Å². The lowest BCUT2D eigenvalue weighted by Gasteiger charge is -2.00. The number of rotatable bonds is 2. The molecule has 1 aromatic carbocycles. The first-order chi connectivity index (χ1) is 4.83. The van der Waals surface area contributed by atoms with Gasteiger partial charge in [0.25, 0.3) is 0 Å². The van der Waals surface area contributed by atoms with Crippen LogP contribution in [0.15, 0.2) is 24.3 Å². The van der Waals surface area contributed by atoms with Crippen molar-refractivity contribution in [2.75, 3.05) is 5.52 Å². The van der Waals surface area contributed by atoms with E-state index < -0.39 is 0 Å². The van der Waals surface area contributed by atoms with Gasteiger partial charge in [0.1, 0.15) is 11.3 Å². The summed E-state index contributed by atoms with van der Waals surface area (Å²) in [6, 6.07) is 7.96. The van der Waals surface area contributed by atoms with Gasteiger partial charge in [0.05, 0.1) is 0 Å². The molecule has 0 atom stereocenters. The van der Waals surface area contributed by atoms with Crippen LogP contribution in [-0.2, 0) is 0 Å². The van der Waals surface area contributed by atoms with Gasteiger partial charge in [-0.1, -0.05) is 12.1 Å². The van der Waals surface area contributed by atoms with E-state index in [1.54, 1.807) is 0 Å². The number of hydrogen-bond donors (Lipinski definition) is 0. The molecule has 0 saturated carbocycles. The van der Waals surface area contributed by atoms with Crippen LogP contribution in [0.1, 0.15) is 5.56 Å². The Morgan fingerprint density at radius 2 is 2.30 bits per heavy atom. The van der Waals surface area contributed by atoms with Crippen molar-refractivity contribution in [1.82, 2.24) is 0 Å². The molecule has 2 heteroatoms. The van der Waals surface area contributed by atoms with E-state index in [9.17, 15) is 0 Å². The van der Waals surface area contributed by atoms with E-state index in [0.29, 0.717) is 5.52 Å². The molecule has 0 heterocycles. The van der Waals surface area contributed by atoms with Crippen LogP contribution < -0.4 is 4.74 Å². The monoisotopic (exact) mass is 200 g/mol. The van der Waals surface area contributed by atoms with E-state index in [4.69, 9.17) is 4.74 Å². The van der Waals surface area contributed by atoms with Gasteiger partial charge in [-0.05, 0) is 40.5 Å². The number of halogens is 1. The van der Waals surface area contributed by atoms with Crippen LogP contribution in [0.3, 0.4) is 0 Å². The highest BCUT2D eigenvalue weighted by molar-refractivity contribution is 9.09. The van der Waals surface area contributed by atoms with Gasteiger partial charge < -0.3 is 4.74 Å². The first kappa shape index (κ1) is 7.61. The molecule has 0 amide bonds. The van der Waals surface area contributed by atoms with E-state index in [-0.39, 0.29) is 0 Å². The van der Waals surface area contributed by atoms with Gasteiger partial charge in [-0.15, -0.1) is 0 Å². The van der Waals surface area contributed by atoms with Gasteiger partial charge in [-0.3, -0.25) is 0 Å². The molecule has 10 heavy (non-hydrogen) atoms. The maximum atomic E-state index is 5.20. The molecule has 1 nitrogen and oxygen atoms in total. The average molecular weight is 201 g/mol. The Balaban J connectivity index is 2.75. The fourth-order valence-corrected chi connectivity index (χ4v) is 1.03. The van der Waals surface area contributed by atoms with Crippen LogP contribution in [0.4, 0.5) is 0 Å². The van der Waals surface area contributed by atoms with Crippen LogP contribution in [0, 0.1) is 6.92 Å². The topological polar surface area (TPSA) is 9.23 Å². The molecule has 0 bridgehead atoms. The first-order valence-corrected chi connectivity index (χ1v) is 4.20. The Hall–Kier alpha value is -0.500. The quantitative estimate of drug-likeness (QED) is 0.668. The molecular weight excluding hydrogens is 192 g/mol. The fourth-order valence-electron chi connectivity index (χ4n) is 0.768. The van der Waals surface area contributed by atoms with Gasteiger partial charge >= 0.3 is 0 Å². The molecule has 0 aliphatic heterocycles. The minimum absolute atomic E-state index is 0.552. The van der Waals surface area contributed by atoms with Gasteiger partial charge in [0, 0.05) is 0 Å². The van der Waals surface area contributed by atoms with Gasteiger partial charge in [0.15, 0.2) is 0 Å². The predicted molar refractivity (Wildman–Crippen MR) is 45.6 cm³/mol. The lowest BCUT2D eigenvalue weighted by atomic mass is 10.2. The van der Waals surface area contributed by atoms with Crippen molar-refractivity contribution < 1.29 is 4.74 Å². The van der Waals surface area contributed by atoms with Crippen LogP contribution >= 0.6 is 15.9 Å². The number of ether oxygens (including phenoxy) is 1. The summed E-state index contributed by atoms with van der Waals surface area (Å²) in [6.45, 7) is 2.04. The van der Waals surface area contributed by atoms with Crippen molar-refractivity contribution in [2.24, 2.45) is 0 Å². The Bertz CT molecular complexity index is 210. The molecule has 0 spiro atoms. The van der Waals surface area contributed by atoms with E-state index in [1.807, 2.05) is 31.2 Å². The molecule has 1 aromatic rings. The largest absolute Gasteiger partial charge is 0.482 e. The van der Waals surface area contributed by atoms with Gasteiger partial charge in [-0.25, -0.2) is 0 Å². The lowest BCUT2D eigenvalue weighted by Crippen LogP contribution is -1.87. The minimum atomic E-state index is 0.552. The third kappa shape index (κ3) is 2.03. The molecule has 54 valence electrons. The molecule has 0 aliphatic carbocycles. The Morgan fingerprint density at radius 1 is 1.50 bits per heavy atom. The standard InChI is InChI=1S/C8H9BrO/c1-7-3-2-4-8(5-7)10-6-9/h2-5H,6H2,1H3. The van der Waals surface area contributed by atoms with Crippen molar-refractivity contribution in [2.45, 2.75) is 6.92 Å². The summed E-state index contributed by atoms with van der Waals surface area (Å²) in [7, 11) is 0. The first-order valence-electron chi connectivity index (χ1n) is 3.08. The van der Waals surface area contributed by atoms with E-state index in [1.165, 1.54) is 5.56 Å². The molecule has 0 unspecified atom stereocenters. The summed E-state index contributed by atoms with van der Waals surface area (Å²) in [4.78, 5) is 0. The van der Waals surface area contributed by atoms with Crippen LogP contribution in [0.25, 0.3) is 0 Å². The molecule has 0 aliphatic rings. The van der Waals surface area contributed by atoms with Crippen molar-refractivity contribution >= 4 is 15.9 Å². The SMILES string of the molecule is Cc1cccc(OCBr)c1. The summed E-state index contributed by atoms with van der Waals surface area (Å²) >= 11 is 3.19. The average Bonchev–Trinajstić information content (AvgIpc) is 1.88. The molecule has 0 fully saturated rings. The number of benzene rings is 1. The van der Waals surface area contributed by atoms with Crippen molar-refractivity contribution in [3.8, 4) is 5.75 Å². The highest BCUT2D eigenvalue weighted by Crippen LogP contribution is 2.12. The van der Waals surface area contributed by atoms with Crippen LogP contribution in [-0.4, -0.2) is 5.52 Å². The zero-order valence-electron chi connectivity index (χ0n) is 5.80. The number of aryl methyl sites for hydroxylation is 1. The Kier molecular flexibility index (Phi) is 2.75. The number of hydrogen-bond acceptors (Lipinski definition) is 1. The maximum Gasteiger partial charge on any atom is 0.143 e. The van der Waals surface area contributed by atoms with Crippen LogP contribution in [0.5, 0.6) is 5.75 Å². The molecule has 1 rings (SSSR count). The summed E-state index contributed by atoms with van der Waals surface area (Å²) in [5.41, 5.74) is 1.77. The molecule has 0 N–H and O–H groups in total. The summed E-state index contributed by atoms with van der Waals surface area (Å²) in [5.74, 6) is 0.914. The summed E-state index contributed by atoms with van der Waals surface area (Å²) < 4.78 is 5.20. The lowest BCUT2D eigenvalue weighted by molar-refractivity contribution is 0.397. The number of alkyl halides is 1. The van der Waals surface area contributed by atoms with Gasteiger partial charge in [-0.2, -0.15) is 0 Å². The van der Waals surface area contributed by atoms with Crippen LogP contribution in [0.2, 0.25) is 0 Å². The van der Waals surface area contributed by atoms with E-state index in [2.05, 4.69) is 15.9 Å². The zero-order valence-corrected chi connectivity index (χ0v) is 7.39. The fraction of sp³-hybridized carbons (Fsp3) is 0.250. The molecule has 0 aromatic heterocycles. The normalized spacial score (nSPS) is 9.40. The Morgan fingerprint density at radius 3 is 2.90 bits per heavy atom. The molecular formula is C8H9BrO. The second-order valence-electron chi connectivity index (χ2n) is 2.07. The second kappa shape index (κ2) is 3.62. The third-order valence-electron chi connectivity index (χ3n) is 1.21. The smallest absolute Gasteiger partial charge is 0.143 e. The van der Waals surface area contributed by atoms with Crippen molar-refractivity contribution in [1.29, 1.82) is 0 Å². The van der Waals surface area contributed by atoms with Crippen molar-refractivity contribution in [3.63, 3.8) is 0 Å². The maximum absolute atomic E-state index is 5.20. The molecule has 0 radical (unpaired) electrons. The minimum Gasteiger partial charge on any atom is -0.482 e. The predicted octanol–water partition coefficient (Wildman–Crippen LogP) is 2.73. The third-order valence-corrected chi connectivity index (χ3v) is 1.44. The van der Waals surface area contributed by atoms with Crippen molar-refractivity contribution in [3.05, 3.63) is 29.8 Å². The molecule has 0 saturated heterocycles. The second-order valence-corrected chi connectivity index (χ2v) is 2.53. The summed E-state index contributed by atoms with van der Waals surface area (Å²) in [6.07, 6.45) is 0. The highest BCUT2D eigenvalue weighted by Gasteiger charge is 1.89. The highest BCUT2D eigenvalue weighted by atomic mass is 79.9. The summed E-state index contributed by atoms with van der Waals surface area (Å²) in [5, 5.41) is 0. The zero-order chi connectivity index (χ0) is 7.40. The van der Waals surface area contributed by atoms with E-state index in [0.717, 1.165) is 5.75 Å². The van der Waals surface area contributed by atoms with E-state index >= 15 is 0 Å². The van der Waals surface area contributed by atoms with Gasteiger partial charge in [0.2, 0.25) is 0 Å².